The Hall–Kier alpha value is -4.96. The summed E-state index contributed by atoms with van der Waals surface area (Å²) >= 11 is 0. The molecule has 0 saturated carbocycles. The summed E-state index contributed by atoms with van der Waals surface area (Å²) in [7, 11) is -1.27. The van der Waals surface area contributed by atoms with E-state index in [9.17, 15) is 22.5 Å². The van der Waals surface area contributed by atoms with Crippen LogP contribution in [0.1, 0.15) is 33.4 Å². The van der Waals surface area contributed by atoms with Crippen LogP contribution >= 0.6 is 7.14 Å². The van der Waals surface area contributed by atoms with Crippen LogP contribution in [0.3, 0.4) is 0 Å². The molecule has 2 aromatic heterocycles. The maximum absolute atomic E-state index is 14.2. The molecule has 226 valence electrons. The normalized spacial score (nSPS) is 12.5. The van der Waals surface area contributed by atoms with Crippen molar-refractivity contribution < 1.29 is 27.3 Å². The molecule has 0 bridgehead atoms. The van der Waals surface area contributed by atoms with E-state index in [2.05, 4.69) is 20.4 Å². The first-order valence-corrected chi connectivity index (χ1v) is 15.9. The summed E-state index contributed by atoms with van der Waals surface area (Å²) in [6.07, 6.45) is -2.07. The molecule has 0 spiro atoms. The van der Waals surface area contributed by atoms with Crippen LogP contribution in [-0.2, 0) is 22.5 Å². The van der Waals surface area contributed by atoms with Crippen LogP contribution in [0.2, 0.25) is 0 Å². The monoisotopic (exact) mass is 620 g/mol. The molecule has 2 heterocycles. The number of halogens is 3. The van der Waals surface area contributed by atoms with Crippen molar-refractivity contribution in [1.82, 2.24) is 19.7 Å². The minimum Gasteiger partial charge on any atom is -0.446 e. The van der Waals surface area contributed by atoms with Crippen molar-refractivity contribution in [2.24, 2.45) is 7.05 Å². The van der Waals surface area contributed by atoms with E-state index in [1.165, 1.54) is 25.5 Å². The average molecular weight is 621 g/mol. The molecule has 3 aromatic carbocycles. The van der Waals surface area contributed by atoms with Gasteiger partial charge < -0.3 is 20.4 Å². The Morgan fingerprint density at radius 1 is 1.00 bits per heavy atom. The third kappa shape index (κ3) is 6.65. The predicted octanol–water partition coefficient (Wildman–Crippen LogP) is 6.42. The number of hydrogen-bond acceptors (Lipinski definition) is 8. The summed E-state index contributed by atoms with van der Waals surface area (Å²) < 4.78 is 63.4. The van der Waals surface area contributed by atoms with Crippen molar-refractivity contribution in [3.63, 3.8) is 0 Å². The van der Waals surface area contributed by atoms with Gasteiger partial charge in [-0.05, 0) is 43.2 Å². The first kappa shape index (κ1) is 30.5. The highest BCUT2D eigenvalue weighted by Gasteiger charge is 2.37. The summed E-state index contributed by atoms with van der Waals surface area (Å²) in [5, 5.41) is 7.23. The largest absolute Gasteiger partial charge is 0.446 e. The Labute approximate surface area is 251 Å². The molecule has 3 N–H and O–H groups in total. The minimum absolute atomic E-state index is 0.0821. The number of anilines is 3. The number of alkyl halides is 3. The first-order valence-electron chi connectivity index (χ1n) is 13.3. The molecule has 0 radical (unpaired) electrons. The lowest BCUT2D eigenvalue weighted by atomic mass is 10.1. The first-order chi connectivity index (χ1) is 20.8. The minimum atomic E-state index is -4.84. The summed E-state index contributed by atoms with van der Waals surface area (Å²) in [5.41, 5.74) is 7.09. The maximum atomic E-state index is 14.2. The zero-order valence-corrected chi connectivity index (χ0v) is 24.8. The van der Waals surface area contributed by atoms with Gasteiger partial charge in [0.25, 0.3) is 0 Å². The van der Waals surface area contributed by atoms with Crippen LogP contribution < -0.4 is 16.4 Å². The fraction of sp³-hybridized carbons (Fsp3) is 0.161. The van der Waals surface area contributed by atoms with Gasteiger partial charge >= 0.3 is 12.1 Å². The van der Waals surface area contributed by atoms with Crippen molar-refractivity contribution in [2.45, 2.75) is 12.3 Å². The molecule has 0 aliphatic carbocycles. The van der Waals surface area contributed by atoms with Crippen molar-refractivity contribution >= 4 is 35.6 Å². The number of nitrogens with one attached hydrogen (secondary N) is 1. The fourth-order valence-corrected chi connectivity index (χ4v) is 5.70. The number of esters is 1. The van der Waals surface area contributed by atoms with Crippen LogP contribution in [0.5, 0.6) is 0 Å². The standard InChI is InChI=1S/C31H28F3N6O3P/c1-40-18-21(16-37-40)20-13-14-25(26(15-20)44(2,3)42)38-28-23(31(32,33)34)17-36-29(39-28)27(19-9-5-4-6-10-19)43-30(41)22-11-7-8-12-24(22)35/h4-18,27H,35H2,1-3H3,(H,36,38,39). The number of hydrogen-bond donors (Lipinski definition) is 2. The number of aromatic nitrogens is 4. The Morgan fingerprint density at radius 3 is 2.34 bits per heavy atom. The third-order valence-electron chi connectivity index (χ3n) is 6.72. The van der Waals surface area contributed by atoms with E-state index in [4.69, 9.17) is 10.5 Å². The van der Waals surface area contributed by atoms with E-state index in [0.717, 1.165) is 5.56 Å². The number of ether oxygens (including phenoxy) is 1. The molecule has 5 aromatic rings. The maximum Gasteiger partial charge on any atom is 0.421 e. The smallest absolute Gasteiger partial charge is 0.421 e. The zero-order chi connectivity index (χ0) is 31.6. The summed E-state index contributed by atoms with van der Waals surface area (Å²) in [4.78, 5) is 21.4. The van der Waals surface area contributed by atoms with E-state index in [0.29, 0.717) is 22.6 Å². The highest BCUT2D eigenvalue weighted by Crippen LogP contribution is 2.42. The molecule has 0 amide bonds. The molecule has 1 atom stereocenters. The van der Waals surface area contributed by atoms with E-state index < -0.39 is 36.8 Å². The van der Waals surface area contributed by atoms with Crippen molar-refractivity contribution in [3.05, 3.63) is 114 Å². The van der Waals surface area contributed by atoms with Gasteiger partial charge in [-0.3, -0.25) is 4.68 Å². The Balaban J connectivity index is 1.60. The molecule has 5 rings (SSSR count). The van der Waals surface area contributed by atoms with Crippen LogP contribution in [0.4, 0.5) is 30.4 Å². The van der Waals surface area contributed by atoms with Crippen molar-refractivity contribution in [3.8, 4) is 11.1 Å². The number of carbonyl (C=O) groups is 1. The lowest BCUT2D eigenvalue weighted by Crippen LogP contribution is -2.20. The predicted molar refractivity (Wildman–Crippen MR) is 163 cm³/mol. The topological polar surface area (TPSA) is 125 Å². The summed E-state index contributed by atoms with van der Waals surface area (Å²) in [5.74, 6) is -1.61. The number of rotatable bonds is 8. The van der Waals surface area contributed by atoms with Gasteiger partial charge in [-0.15, -0.1) is 0 Å². The Morgan fingerprint density at radius 2 is 1.70 bits per heavy atom. The highest BCUT2D eigenvalue weighted by molar-refractivity contribution is 7.70. The van der Waals surface area contributed by atoms with E-state index in [1.807, 2.05) is 0 Å². The Bertz CT molecular complexity index is 1870. The van der Waals surface area contributed by atoms with E-state index in [1.54, 1.807) is 84.8 Å². The molecule has 9 nitrogen and oxygen atoms in total. The number of para-hydroxylation sites is 1. The number of benzene rings is 3. The lowest BCUT2D eigenvalue weighted by Gasteiger charge is -2.21. The molecule has 1 unspecified atom stereocenters. The van der Waals surface area contributed by atoms with Gasteiger partial charge in [0.15, 0.2) is 11.9 Å². The van der Waals surface area contributed by atoms with Gasteiger partial charge in [0.2, 0.25) is 0 Å². The van der Waals surface area contributed by atoms with E-state index in [-0.39, 0.29) is 22.8 Å². The van der Waals surface area contributed by atoms with Crippen LogP contribution in [-0.4, -0.2) is 39.0 Å². The van der Waals surface area contributed by atoms with E-state index >= 15 is 0 Å². The lowest BCUT2D eigenvalue weighted by molar-refractivity contribution is -0.137. The molecule has 0 aliphatic heterocycles. The second kappa shape index (κ2) is 12.0. The summed E-state index contributed by atoms with van der Waals surface area (Å²) in [6, 6.07) is 19.6. The summed E-state index contributed by atoms with van der Waals surface area (Å²) in [6.45, 7) is 3.05. The second-order valence-corrected chi connectivity index (χ2v) is 13.6. The molecule has 44 heavy (non-hydrogen) atoms. The highest BCUT2D eigenvalue weighted by atomic mass is 31.2. The quantitative estimate of drug-likeness (QED) is 0.116. The van der Waals surface area contributed by atoms with Gasteiger partial charge in [-0.25, -0.2) is 14.8 Å². The van der Waals surface area contributed by atoms with Gasteiger partial charge in [0.1, 0.15) is 18.5 Å². The SMILES string of the molecule is Cn1cc(-c2ccc(Nc3nc(C(OC(=O)c4ccccc4N)c4ccccc4)ncc3C(F)(F)F)c(P(C)(C)=O)c2)cn1. The average Bonchev–Trinajstić information content (AvgIpc) is 3.41. The number of carbonyl (C=O) groups excluding carboxylic acids is 1. The van der Waals surface area contributed by atoms with Gasteiger partial charge in [-0.2, -0.15) is 18.3 Å². The number of aryl methyl sites for hydroxylation is 1. The molecule has 0 saturated heterocycles. The number of nitrogens with zero attached hydrogens (tertiary/aromatic N) is 4. The van der Waals surface area contributed by atoms with Crippen LogP contribution in [0.25, 0.3) is 11.1 Å². The van der Waals surface area contributed by atoms with Crippen LogP contribution in [0, 0.1) is 0 Å². The number of nitrogens with two attached hydrogens (primary N) is 1. The van der Waals surface area contributed by atoms with Gasteiger partial charge in [0.05, 0.1) is 17.4 Å². The third-order valence-corrected chi connectivity index (χ3v) is 8.25. The van der Waals surface area contributed by atoms with Crippen molar-refractivity contribution in [2.75, 3.05) is 24.4 Å². The molecule has 0 aliphatic rings. The second-order valence-electron chi connectivity index (χ2n) is 10.4. The number of nitrogen functional groups attached to an aromatic ring is 1. The Kier molecular flexibility index (Phi) is 8.29. The molecular weight excluding hydrogens is 592 g/mol. The zero-order valence-electron chi connectivity index (χ0n) is 23.9. The van der Waals surface area contributed by atoms with Gasteiger partial charge in [0, 0.05) is 41.6 Å². The van der Waals surface area contributed by atoms with Crippen LogP contribution in [0.15, 0.2) is 91.4 Å². The van der Waals surface area contributed by atoms with Crippen molar-refractivity contribution in [1.29, 1.82) is 0 Å². The molecule has 13 heteroatoms. The fourth-order valence-electron chi connectivity index (χ4n) is 4.54. The van der Waals surface area contributed by atoms with Gasteiger partial charge in [-0.1, -0.05) is 48.5 Å². The molecular formula is C31H28F3N6O3P. The molecule has 0 fully saturated rings.